The predicted molar refractivity (Wildman–Crippen MR) is 85.0 cm³/mol. The number of aromatic nitrogens is 2. The van der Waals surface area contributed by atoms with Crippen LogP contribution in [-0.2, 0) is 9.59 Å². The van der Waals surface area contributed by atoms with Crippen LogP contribution < -0.4 is 0 Å². The summed E-state index contributed by atoms with van der Waals surface area (Å²) in [6, 6.07) is 0. The zero-order valence-corrected chi connectivity index (χ0v) is 14.1. The van der Waals surface area contributed by atoms with Crippen molar-refractivity contribution in [1.29, 1.82) is 0 Å². The topological polar surface area (TPSA) is 79.5 Å². The van der Waals surface area contributed by atoms with Crippen LogP contribution in [0.4, 0.5) is 0 Å². The lowest BCUT2D eigenvalue weighted by Gasteiger charge is -2.32. The van der Waals surface area contributed by atoms with E-state index >= 15 is 0 Å². The molecule has 1 saturated carbocycles. The largest absolute Gasteiger partial charge is 0.342 e. The summed E-state index contributed by atoms with van der Waals surface area (Å²) in [6.07, 6.45) is 4.71. The van der Waals surface area contributed by atoms with E-state index in [0.29, 0.717) is 37.1 Å². The summed E-state index contributed by atoms with van der Waals surface area (Å²) in [5.41, 5.74) is 0. The number of carbonyl (C=O) groups excluding carboxylic acids is 2. The molecule has 0 unspecified atom stereocenters. The molecule has 2 amide bonds. The van der Waals surface area contributed by atoms with E-state index in [4.69, 9.17) is 4.52 Å². The van der Waals surface area contributed by atoms with E-state index in [1.54, 1.807) is 6.92 Å². The van der Waals surface area contributed by atoms with Crippen molar-refractivity contribution in [3.63, 3.8) is 0 Å². The van der Waals surface area contributed by atoms with Gasteiger partial charge in [-0.05, 0) is 38.5 Å². The Balaban J connectivity index is 1.38. The van der Waals surface area contributed by atoms with E-state index in [-0.39, 0.29) is 23.7 Å². The van der Waals surface area contributed by atoms with Gasteiger partial charge in [-0.1, -0.05) is 5.16 Å². The van der Waals surface area contributed by atoms with Crippen molar-refractivity contribution in [1.82, 2.24) is 19.9 Å². The molecule has 3 heterocycles. The maximum atomic E-state index is 12.9. The molecule has 0 spiro atoms. The average molecular weight is 332 g/mol. The number of carbonyl (C=O) groups is 2. The molecule has 2 saturated heterocycles. The van der Waals surface area contributed by atoms with Gasteiger partial charge in [0.1, 0.15) is 0 Å². The maximum absolute atomic E-state index is 12.9. The van der Waals surface area contributed by atoms with Crippen molar-refractivity contribution in [3.05, 3.63) is 11.7 Å². The van der Waals surface area contributed by atoms with E-state index in [9.17, 15) is 9.59 Å². The lowest BCUT2D eigenvalue weighted by atomic mass is 9.96. The molecule has 0 N–H and O–H groups in total. The molecule has 1 aromatic heterocycles. The van der Waals surface area contributed by atoms with Crippen molar-refractivity contribution in [2.45, 2.75) is 44.9 Å². The molecular weight excluding hydrogens is 308 g/mol. The van der Waals surface area contributed by atoms with E-state index in [1.165, 1.54) is 12.8 Å². The summed E-state index contributed by atoms with van der Waals surface area (Å²) in [5, 5.41) is 3.85. The first kappa shape index (κ1) is 15.6. The van der Waals surface area contributed by atoms with Crippen LogP contribution in [0.15, 0.2) is 4.52 Å². The summed E-state index contributed by atoms with van der Waals surface area (Å²) in [7, 11) is 0. The molecule has 4 rings (SSSR count). The number of hydrogen-bond acceptors (Lipinski definition) is 5. The number of rotatable bonds is 4. The molecule has 3 fully saturated rings. The first-order chi connectivity index (χ1) is 11.6. The quantitative estimate of drug-likeness (QED) is 0.831. The summed E-state index contributed by atoms with van der Waals surface area (Å²) >= 11 is 0. The molecule has 130 valence electrons. The third-order valence-corrected chi connectivity index (χ3v) is 5.36. The Labute approximate surface area is 141 Å². The Morgan fingerprint density at radius 3 is 2.83 bits per heavy atom. The number of amides is 2. The van der Waals surface area contributed by atoms with Crippen LogP contribution in [0.25, 0.3) is 0 Å². The summed E-state index contributed by atoms with van der Waals surface area (Å²) < 4.78 is 5.28. The Morgan fingerprint density at radius 2 is 2.12 bits per heavy atom. The molecular formula is C17H24N4O3. The van der Waals surface area contributed by atoms with Crippen LogP contribution in [0.1, 0.15) is 49.7 Å². The first-order valence-electron chi connectivity index (χ1n) is 8.97. The zero-order chi connectivity index (χ0) is 16.7. The van der Waals surface area contributed by atoms with Gasteiger partial charge < -0.3 is 14.3 Å². The fourth-order valence-corrected chi connectivity index (χ4v) is 3.84. The van der Waals surface area contributed by atoms with Crippen molar-refractivity contribution < 1.29 is 14.1 Å². The molecule has 2 atom stereocenters. The van der Waals surface area contributed by atoms with Crippen LogP contribution in [-0.4, -0.2) is 57.9 Å². The summed E-state index contributed by atoms with van der Waals surface area (Å²) in [4.78, 5) is 33.1. The van der Waals surface area contributed by atoms with Gasteiger partial charge in [0.25, 0.3) is 0 Å². The van der Waals surface area contributed by atoms with Gasteiger partial charge in [0.2, 0.25) is 17.7 Å². The number of aryl methyl sites for hydroxylation is 1. The normalized spacial score (nSPS) is 27.8. The van der Waals surface area contributed by atoms with E-state index < -0.39 is 0 Å². The van der Waals surface area contributed by atoms with Crippen LogP contribution in [0.2, 0.25) is 0 Å². The Hall–Kier alpha value is -1.92. The number of hydrogen-bond donors (Lipinski definition) is 0. The van der Waals surface area contributed by atoms with Crippen LogP contribution in [0.3, 0.4) is 0 Å². The third-order valence-electron chi connectivity index (χ3n) is 5.36. The second-order valence-electron chi connectivity index (χ2n) is 7.45. The van der Waals surface area contributed by atoms with Gasteiger partial charge >= 0.3 is 0 Å². The highest BCUT2D eigenvalue weighted by molar-refractivity contribution is 5.89. The van der Waals surface area contributed by atoms with Gasteiger partial charge in [0.15, 0.2) is 5.82 Å². The molecule has 0 aromatic carbocycles. The van der Waals surface area contributed by atoms with Crippen LogP contribution >= 0.6 is 0 Å². The molecule has 1 aliphatic carbocycles. The van der Waals surface area contributed by atoms with E-state index in [1.807, 2.05) is 9.80 Å². The first-order valence-corrected chi connectivity index (χ1v) is 8.97. The number of piperidine rings is 1. The lowest BCUT2D eigenvalue weighted by molar-refractivity contribution is -0.137. The lowest BCUT2D eigenvalue weighted by Crippen LogP contribution is -2.43. The van der Waals surface area contributed by atoms with Crippen LogP contribution in [0.5, 0.6) is 0 Å². The van der Waals surface area contributed by atoms with Crippen LogP contribution in [0, 0.1) is 18.8 Å². The minimum absolute atomic E-state index is 0.114. The average Bonchev–Trinajstić information content (AvgIpc) is 3.18. The molecule has 1 aromatic rings. The summed E-state index contributed by atoms with van der Waals surface area (Å²) in [5.74, 6) is 2.11. The minimum atomic E-state index is -0.181. The molecule has 7 nitrogen and oxygen atoms in total. The monoisotopic (exact) mass is 332 g/mol. The van der Waals surface area contributed by atoms with Gasteiger partial charge in [-0.15, -0.1) is 0 Å². The standard InChI is InChI=1S/C17H24N4O3/c1-11-18-16(24-19-11)13-3-2-6-20(9-13)17(23)14-7-15(22)21(10-14)8-12-4-5-12/h12-14H,2-10H2,1H3/t13-,14+/m0/s1. The highest BCUT2D eigenvalue weighted by Crippen LogP contribution is 2.33. The molecule has 7 heteroatoms. The molecule has 0 radical (unpaired) electrons. The highest BCUT2D eigenvalue weighted by Gasteiger charge is 2.40. The molecule has 24 heavy (non-hydrogen) atoms. The van der Waals surface area contributed by atoms with Gasteiger partial charge in [0.05, 0.1) is 11.8 Å². The molecule has 2 aliphatic heterocycles. The Bertz CT molecular complexity index is 640. The fraction of sp³-hybridized carbons (Fsp3) is 0.765. The Morgan fingerprint density at radius 1 is 1.29 bits per heavy atom. The fourth-order valence-electron chi connectivity index (χ4n) is 3.84. The smallest absolute Gasteiger partial charge is 0.231 e. The van der Waals surface area contributed by atoms with Crippen molar-refractivity contribution in [2.24, 2.45) is 11.8 Å². The Kier molecular flexibility index (Phi) is 4.02. The van der Waals surface area contributed by atoms with Crippen molar-refractivity contribution in [2.75, 3.05) is 26.2 Å². The van der Waals surface area contributed by atoms with E-state index in [0.717, 1.165) is 25.9 Å². The number of nitrogens with zero attached hydrogens (tertiary/aromatic N) is 4. The SMILES string of the molecule is Cc1noc([C@H]2CCCN(C(=O)[C@@H]3CC(=O)N(CC4CC4)C3)C2)n1. The maximum Gasteiger partial charge on any atom is 0.231 e. The zero-order valence-electron chi connectivity index (χ0n) is 14.1. The van der Waals surface area contributed by atoms with Gasteiger partial charge in [-0.2, -0.15) is 4.98 Å². The predicted octanol–water partition coefficient (Wildman–Crippen LogP) is 1.34. The number of likely N-dealkylation sites (tertiary alicyclic amines) is 2. The van der Waals surface area contributed by atoms with Gasteiger partial charge in [-0.25, -0.2) is 0 Å². The van der Waals surface area contributed by atoms with E-state index in [2.05, 4.69) is 10.1 Å². The van der Waals surface area contributed by atoms with Gasteiger partial charge in [0, 0.05) is 32.6 Å². The molecule has 3 aliphatic rings. The van der Waals surface area contributed by atoms with Crippen molar-refractivity contribution >= 4 is 11.8 Å². The highest BCUT2D eigenvalue weighted by atomic mass is 16.5. The second-order valence-corrected chi connectivity index (χ2v) is 7.45. The van der Waals surface area contributed by atoms with Crippen molar-refractivity contribution in [3.8, 4) is 0 Å². The minimum Gasteiger partial charge on any atom is -0.342 e. The third kappa shape index (κ3) is 3.16. The van der Waals surface area contributed by atoms with Gasteiger partial charge in [-0.3, -0.25) is 9.59 Å². The summed E-state index contributed by atoms with van der Waals surface area (Å²) in [6.45, 7) is 4.61. The second kappa shape index (κ2) is 6.18. The molecule has 0 bridgehead atoms.